The van der Waals surface area contributed by atoms with Gasteiger partial charge in [-0.25, -0.2) is 0 Å². The largest absolute Gasteiger partial charge is 0.493 e. The summed E-state index contributed by atoms with van der Waals surface area (Å²) >= 11 is 0. The molecule has 2 aromatic heterocycles. The van der Waals surface area contributed by atoms with Crippen molar-refractivity contribution < 1.29 is 18.9 Å². The first-order valence-corrected chi connectivity index (χ1v) is 7.03. The standard InChI is InChI=1S/C15H17N5O4/c1-21-10-7-9(8-11(22-2)14(10)24-4)16-15-18-17-12-5-6-13(23-3)19-20(12)15/h5-8H,1-4H3,(H,16,18). The van der Waals surface area contributed by atoms with Gasteiger partial charge in [-0.05, 0) is 6.07 Å². The van der Waals surface area contributed by atoms with Gasteiger partial charge in [0.2, 0.25) is 11.6 Å². The van der Waals surface area contributed by atoms with E-state index in [4.69, 9.17) is 18.9 Å². The fraction of sp³-hybridized carbons (Fsp3) is 0.267. The maximum absolute atomic E-state index is 5.34. The number of methoxy groups -OCH3 is 4. The third kappa shape index (κ3) is 2.71. The van der Waals surface area contributed by atoms with Gasteiger partial charge in [0, 0.05) is 23.9 Å². The van der Waals surface area contributed by atoms with E-state index in [1.807, 2.05) is 0 Å². The third-order valence-electron chi connectivity index (χ3n) is 3.37. The molecule has 0 aliphatic heterocycles. The summed E-state index contributed by atoms with van der Waals surface area (Å²) in [5.74, 6) is 2.45. The number of fused-ring (bicyclic) bond motifs is 1. The number of anilines is 2. The van der Waals surface area contributed by atoms with E-state index in [0.717, 1.165) is 0 Å². The Hall–Kier alpha value is -3.23. The predicted octanol–water partition coefficient (Wildman–Crippen LogP) is 1.90. The molecule has 0 saturated carbocycles. The van der Waals surface area contributed by atoms with E-state index in [0.29, 0.717) is 40.4 Å². The van der Waals surface area contributed by atoms with E-state index in [1.165, 1.54) is 0 Å². The lowest BCUT2D eigenvalue weighted by Gasteiger charge is -2.14. The lowest BCUT2D eigenvalue weighted by atomic mass is 10.2. The maximum Gasteiger partial charge on any atom is 0.250 e. The number of nitrogens with one attached hydrogen (secondary N) is 1. The summed E-state index contributed by atoms with van der Waals surface area (Å²) in [6, 6.07) is 7.01. The average molecular weight is 331 g/mol. The monoisotopic (exact) mass is 331 g/mol. The van der Waals surface area contributed by atoms with Crippen LogP contribution in [0.1, 0.15) is 0 Å². The molecule has 3 rings (SSSR count). The molecule has 0 radical (unpaired) electrons. The van der Waals surface area contributed by atoms with Crippen molar-refractivity contribution in [3.8, 4) is 23.1 Å². The number of nitrogens with zero attached hydrogens (tertiary/aromatic N) is 4. The van der Waals surface area contributed by atoms with Crippen molar-refractivity contribution in [1.29, 1.82) is 0 Å². The van der Waals surface area contributed by atoms with E-state index in [1.54, 1.807) is 57.2 Å². The Morgan fingerprint density at radius 1 is 0.875 bits per heavy atom. The molecule has 0 fully saturated rings. The third-order valence-corrected chi connectivity index (χ3v) is 3.37. The first kappa shape index (κ1) is 15.7. The Bertz CT molecular complexity index is 839. The molecule has 0 bridgehead atoms. The van der Waals surface area contributed by atoms with E-state index in [-0.39, 0.29) is 0 Å². The highest BCUT2D eigenvalue weighted by molar-refractivity contribution is 5.66. The molecule has 1 N–H and O–H groups in total. The molecule has 126 valence electrons. The molecule has 2 heterocycles. The molecule has 0 amide bonds. The highest BCUT2D eigenvalue weighted by Crippen LogP contribution is 2.40. The lowest BCUT2D eigenvalue weighted by Crippen LogP contribution is -2.02. The van der Waals surface area contributed by atoms with Crippen LogP contribution < -0.4 is 24.3 Å². The van der Waals surface area contributed by atoms with Crippen molar-refractivity contribution in [2.45, 2.75) is 0 Å². The predicted molar refractivity (Wildman–Crippen MR) is 86.7 cm³/mol. The van der Waals surface area contributed by atoms with Crippen LogP contribution in [0.4, 0.5) is 11.6 Å². The van der Waals surface area contributed by atoms with E-state index >= 15 is 0 Å². The zero-order valence-corrected chi connectivity index (χ0v) is 13.7. The molecule has 24 heavy (non-hydrogen) atoms. The topological polar surface area (TPSA) is 92.0 Å². The first-order valence-electron chi connectivity index (χ1n) is 7.03. The maximum atomic E-state index is 5.34. The molecule has 0 unspecified atom stereocenters. The van der Waals surface area contributed by atoms with Crippen molar-refractivity contribution in [2.75, 3.05) is 33.8 Å². The van der Waals surface area contributed by atoms with Gasteiger partial charge in [-0.15, -0.1) is 15.3 Å². The lowest BCUT2D eigenvalue weighted by molar-refractivity contribution is 0.324. The van der Waals surface area contributed by atoms with Gasteiger partial charge in [-0.2, -0.15) is 4.52 Å². The number of benzene rings is 1. The number of hydrogen-bond acceptors (Lipinski definition) is 8. The van der Waals surface area contributed by atoms with Gasteiger partial charge in [0.25, 0.3) is 5.95 Å². The normalized spacial score (nSPS) is 10.5. The van der Waals surface area contributed by atoms with Crippen LogP contribution in [0.15, 0.2) is 24.3 Å². The van der Waals surface area contributed by atoms with Crippen molar-refractivity contribution in [3.05, 3.63) is 24.3 Å². The van der Waals surface area contributed by atoms with Crippen LogP contribution >= 0.6 is 0 Å². The minimum atomic E-state index is 0.429. The molecule has 0 aliphatic rings. The smallest absolute Gasteiger partial charge is 0.250 e. The summed E-state index contributed by atoms with van der Waals surface area (Å²) in [5, 5.41) is 15.6. The first-order chi connectivity index (χ1) is 11.7. The molecule has 0 atom stereocenters. The highest BCUT2D eigenvalue weighted by Gasteiger charge is 2.15. The highest BCUT2D eigenvalue weighted by atomic mass is 16.5. The molecule has 1 aromatic carbocycles. The summed E-state index contributed by atoms with van der Waals surface area (Å²) in [7, 11) is 6.21. The van der Waals surface area contributed by atoms with Gasteiger partial charge in [0.15, 0.2) is 17.1 Å². The van der Waals surface area contributed by atoms with Crippen LogP contribution in [0.3, 0.4) is 0 Å². The molecular weight excluding hydrogens is 314 g/mol. The van der Waals surface area contributed by atoms with Crippen LogP contribution in [0, 0.1) is 0 Å². The zero-order chi connectivity index (χ0) is 17.1. The minimum absolute atomic E-state index is 0.429. The fourth-order valence-corrected chi connectivity index (χ4v) is 2.24. The second-order valence-corrected chi connectivity index (χ2v) is 4.71. The van der Waals surface area contributed by atoms with E-state index < -0.39 is 0 Å². The minimum Gasteiger partial charge on any atom is -0.493 e. The fourth-order valence-electron chi connectivity index (χ4n) is 2.24. The van der Waals surface area contributed by atoms with Gasteiger partial charge < -0.3 is 24.3 Å². The number of hydrogen-bond donors (Lipinski definition) is 1. The quantitative estimate of drug-likeness (QED) is 0.732. The van der Waals surface area contributed by atoms with Crippen LogP contribution in [-0.2, 0) is 0 Å². The Balaban J connectivity index is 2.02. The Kier molecular flexibility index (Phi) is 4.23. The molecule has 0 aliphatic carbocycles. The Labute approximate surface area is 138 Å². The summed E-state index contributed by atoms with van der Waals surface area (Å²) in [4.78, 5) is 0. The Morgan fingerprint density at radius 3 is 2.17 bits per heavy atom. The summed E-state index contributed by atoms with van der Waals surface area (Å²) in [6.45, 7) is 0. The molecule has 3 aromatic rings. The summed E-state index contributed by atoms with van der Waals surface area (Å²) in [6.07, 6.45) is 0. The van der Waals surface area contributed by atoms with Crippen molar-refractivity contribution in [1.82, 2.24) is 19.8 Å². The van der Waals surface area contributed by atoms with Crippen LogP contribution in [0.2, 0.25) is 0 Å². The van der Waals surface area contributed by atoms with Crippen LogP contribution in [0.5, 0.6) is 23.1 Å². The van der Waals surface area contributed by atoms with Gasteiger partial charge in [-0.3, -0.25) is 0 Å². The van der Waals surface area contributed by atoms with E-state index in [9.17, 15) is 0 Å². The zero-order valence-electron chi connectivity index (χ0n) is 13.7. The molecule has 0 spiro atoms. The second-order valence-electron chi connectivity index (χ2n) is 4.71. The van der Waals surface area contributed by atoms with Crippen LogP contribution in [0.25, 0.3) is 5.65 Å². The van der Waals surface area contributed by atoms with Gasteiger partial charge in [-0.1, -0.05) is 0 Å². The molecular formula is C15H17N5O4. The number of aromatic nitrogens is 4. The Morgan fingerprint density at radius 2 is 1.58 bits per heavy atom. The SMILES string of the molecule is COc1ccc2nnc(Nc3cc(OC)c(OC)c(OC)c3)n2n1. The number of ether oxygens (including phenoxy) is 4. The van der Waals surface area contributed by atoms with Gasteiger partial charge in [0.05, 0.1) is 28.4 Å². The second kappa shape index (κ2) is 6.49. The van der Waals surface area contributed by atoms with E-state index in [2.05, 4.69) is 20.6 Å². The molecule has 0 saturated heterocycles. The summed E-state index contributed by atoms with van der Waals surface area (Å²) < 4.78 is 22.7. The number of rotatable bonds is 6. The van der Waals surface area contributed by atoms with Gasteiger partial charge >= 0.3 is 0 Å². The van der Waals surface area contributed by atoms with Crippen molar-refractivity contribution in [3.63, 3.8) is 0 Å². The van der Waals surface area contributed by atoms with Crippen molar-refractivity contribution in [2.24, 2.45) is 0 Å². The van der Waals surface area contributed by atoms with Crippen LogP contribution in [-0.4, -0.2) is 48.3 Å². The average Bonchev–Trinajstić information content (AvgIpc) is 3.02. The summed E-state index contributed by atoms with van der Waals surface area (Å²) in [5.41, 5.74) is 1.27. The molecule has 9 nitrogen and oxygen atoms in total. The van der Waals surface area contributed by atoms with Crippen molar-refractivity contribution >= 4 is 17.3 Å². The molecule has 9 heteroatoms. The van der Waals surface area contributed by atoms with Gasteiger partial charge in [0.1, 0.15) is 0 Å².